The van der Waals surface area contributed by atoms with Crippen molar-refractivity contribution in [3.05, 3.63) is 62.3 Å². The second-order valence-electron chi connectivity index (χ2n) is 9.48. The molecule has 176 valence electrons. The SMILES string of the molecule is Cc1cccc(CNC(=O)c2c3n(c(C=O)c(O)c2=O)[C@H](C)CC3C2CCCCCC2)c1F. The van der Waals surface area contributed by atoms with E-state index in [2.05, 4.69) is 5.32 Å². The van der Waals surface area contributed by atoms with E-state index in [0.29, 0.717) is 35.4 Å². The van der Waals surface area contributed by atoms with E-state index in [4.69, 9.17) is 0 Å². The fourth-order valence-electron chi connectivity index (χ4n) is 5.71. The van der Waals surface area contributed by atoms with Gasteiger partial charge in [-0.15, -0.1) is 0 Å². The van der Waals surface area contributed by atoms with Gasteiger partial charge in [-0.1, -0.05) is 43.9 Å². The molecule has 4 rings (SSSR count). The number of carbonyl (C=O) groups is 2. The van der Waals surface area contributed by atoms with Crippen molar-refractivity contribution in [2.75, 3.05) is 0 Å². The van der Waals surface area contributed by atoms with E-state index >= 15 is 0 Å². The number of nitrogens with one attached hydrogen (secondary N) is 1. The quantitative estimate of drug-likeness (QED) is 0.504. The third kappa shape index (κ3) is 4.21. The molecule has 2 N–H and O–H groups in total. The summed E-state index contributed by atoms with van der Waals surface area (Å²) in [6, 6.07) is 4.82. The standard InChI is InChI=1S/C26H31FN2O4/c1-15-8-7-11-18(22(15)27)13-28-26(33)21-23-19(17-9-5-3-4-6-10-17)12-16(2)29(23)20(14-30)24(31)25(21)32/h7-8,11,14,16-17,19,31H,3-6,9-10,12-13H2,1-2H3,(H,28,33)/t16-,19?/m1/s1. The summed E-state index contributed by atoms with van der Waals surface area (Å²) in [5.41, 5.74) is 0.310. The molecule has 1 saturated carbocycles. The van der Waals surface area contributed by atoms with Crippen LogP contribution in [0, 0.1) is 18.7 Å². The minimum atomic E-state index is -0.835. The smallest absolute Gasteiger partial charge is 0.257 e. The molecule has 1 aliphatic heterocycles. The number of benzene rings is 1. The molecule has 0 saturated heterocycles. The topological polar surface area (TPSA) is 88.4 Å². The molecule has 6 nitrogen and oxygen atoms in total. The number of amides is 1. The van der Waals surface area contributed by atoms with Crippen LogP contribution in [0.5, 0.6) is 5.75 Å². The Labute approximate surface area is 192 Å². The average Bonchev–Trinajstić information content (AvgIpc) is 2.96. The molecule has 33 heavy (non-hydrogen) atoms. The van der Waals surface area contributed by atoms with Gasteiger partial charge in [0, 0.05) is 29.8 Å². The Balaban J connectivity index is 1.77. The van der Waals surface area contributed by atoms with E-state index in [1.54, 1.807) is 29.7 Å². The molecule has 1 fully saturated rings. The fourth-order valence-corrected chi connectivity index (χ4v) is 5.71. The Bertz CT molecular complexity index is 1130. The van der Waals surface area contributed by atoms with Crippen LogP contribution in [0.2, 0.25) is 0 Å². The second kappa shape index (κ2) is 9.49. The monoisotopic (exact) mass is 454 g/mol. The third-order valence-electron chi connectivity index (χ3n) is 7.37. The van der Waals surface area contributed by atoms with Crippen molar-refractivity contribution in [1.82, 2.24) is 9.88 Å². The van der Waals surface area contributed by atoms with Crippen molar-refractivity contribution in [3.63, 3.8) is 0 Å². The van der Waals surface area contributed by atoms with Crippen LogP contribution >= 0.6 is 0 Å². The fraction of sp³-hybridized carbons (Fsp3) is 0.500. The molecule has 1 amide bonds. The minimum absolute atomic E-state index is 0.0402. The van der Waals surface area contributed by atoms with Crippen LogP contribution in [0.15, 0.2) is 23.0 Å². The lowest BCUT2D eigenvalue weighted by molar-refractivity contribution is 0.0945. The van der Waals surface area contributed by atoms with Crippen molar-refractivity contribution in [1.29, 1.82) is 0 Å². The van der Waals surface area contributed by atoms with E-state index in [0.717, 1.165) is 25.7 Å². The summed E-state index contributed by atoms with van der Waals surface area (Å²) in [4.78, 5) is 38.3. The number of aldehydes is 1. The maximum atomic E-state index is 14.4. The summed E-state index contributed by atoms with van der Waals surface area (Å²) in [6.07, 6.45) is 7.79. The van der Waals surface area contributed by atoms with Gasteiger partial charge >= 0.3 is 0 Å². The third-order valence-corrected chi connectivity index (χ3v) is 7.37. The molecule has 1 aliphatic carbocycles. The molecule has 2 aliphatic rings. The Morgan fingerprint density at radius 3 is 2.61 bits per heavy atom. The maximum absolute atomic E-state index is 14.4. The zero-order chi connectivity index (χ0) is 23.7. The van der Waals surface area contributed by atoms with Crippen LogP contribution in [-0.2, 0) is 6.54 Å². The van der Waals surface area contributed by atoms with E-state index in [9.17, 15) is 23.9 Å². The van der Waals surface area contributed by atoms with Crippen LogP contribution in [0.1, 0.15) is 101 Å². The van der Waals surface area contributed by atoms with Gasteiger partial charge in [0.15, 0.2) is 12.0 Å². The molecule has 1 unspecified atom stereocenters. The number of halogens is 1. The van der Waals surface area contributed by atoms with Gasteiger partial charge in [0.25, 0.3) is 5.91 Å². The summed E-state index contributed by atoms with van der Waals surface area (Å²) >= 11 is 0. The number of fused-ring (bicyclic) bond motifs is 1. The highest BCUT2D eigenvalue weighted by Gasteiger charge is 2.40. The molecule has 2 heterocycles. The van der Waals surface area contributed by atoms with Gasteiger partial charge in [0.1, 0.15) is 17.1 Å². The number of aromatic nitrogens is 1. The highest BCUT2D eigenvalue weighted by atomic mass is 19.1. The van der Waals surface area contributed by atoms with Crippen LogP contribution in [0.3, 0.4) is 0 Å². The van der Waals surface area contributed by atoms with E-state index in [1.807, 2.05) is 6.92 Å². The first-order valence-corrected chi connectivity index (χ1v) is 11.8. The van der Waals surface area contributed by atoms with E-state index in [-0.39, 0.29) is 29.8 Å². The van der Waals surface area contributed by atoms with Crippen molar-refractivity contribution in [2.45, 2.75) is 77.3 Å². The van der Waals surface area contributed by atoms with Gasteiger partial charge in [-0.05, 0) is 44.6 Å². The van der Waals surface area contributed by atoms with Crippen LogP contribution in [0.4, 0.5) is 4.39 Å². The van der Waals surface area contributed by atoms with Gasteiger partial charge in [0.05, 0.1) is 0 Å². The van der Waals surface area contributed by atoms with Crippen molar-refractivity contribution in [2.24, 2.45) is 5.92 Å². The first-order valence-electron chi connectivity index (χ1n) is 11.8. The van der Waals surface area contributed by atoms with Gasteiger partial charge in [-0.25, -0.2) is 4.39 Å². The summed E-state index contributed by atoms with van der Waals surface area (Å²) in [5.74, 6) is -1.47. The van der Waals surface area contributed by atoms with Crippen molar-refractivity contribution >= 4 is 12.2 Å². The maximum Gasteiger partial charge on any atom is 0.257 e. The molecule has 0 radical (unpaired) electrons. The average molecular weight is 455 g/mol. The molecule has 0 spiro atoms. The number of aromatic hydroxyl groups is 1. The minimum Gasteiger partial charge on any atom is -0.503 e. The summed E-state index contributed by atoms with van der Waals surface area (Å²) in [5, 5.41) is 13.2. The summed E-state index contributed by atoms with van der Waals surface area (Å²) < 4.78 is 16.1. The van der Waals surface area contributed by atoms with E-state index in [1.165, 1.54) is 12.8 Å². The van der Waals surface area contributed by atoms with Gasteiger partial charge in [0.2, 0.25) is 5.43 Å². The van der Waals surface area contributed by atoms with Crippen LogP contribution in [0.25, 0.3) is 0 Å². The predicted octanol–water partition coefficient (Wildman–Crippen LogP) is 4.76. The van der Waals surface area contributed by atoms with Crippen LogP contribution in [-0.4, -0.2) is 21.9 Å². The van der Waals surface area contributed by atoms with Gasteiger partial charge in [-0.2, -0.15) is 0 Å². The number of rotatable bonds is 5. The number of hydrogen-bond acceptors (Lipinski definition) is 4. The molecule has 7 heteroatoms. The van der Waals surface area contributed by atoms with E-state index < -0.39 is 22.9 Å². The first kappa shape index (κ1) is 23.2. The number of hydrogen-bond donors (Lipinski definition) is 2. The molecule has 1 aromatic heterocycles. The molecular weight excluding hydrogens is 423 g/mol. The molecular formula is C26H31FN2O4. The normalized spacial score (nSPS) is 20.8. The number of pyridine rings is 1. The zero-order valence-corrected chi connectivity index (χ0v) is 19.2. The Morgan fingerprint density at radius 2 is 1.94 bits per heavy atom. The molecule has 1 aromatic carbocycles. The van der Waals surface area contributed by atoms with Gasteiger partial charge < -0.3 is 15.0 Å². The largest absolute Gasteiger partial charge is 0.503 e. The zero-order valence-electron chi connectivity index (χ0n) is 19.2. The lowest BCUT2D eigenvalue weighted by Crippen LogP contribution is -2.33. The van der Waals surface area contributed by atoms with Crippen molar-refractivity contribution in [3.8, 4) is 5.75 Å². The van der Waals surface area contributed by atoms with Crippen LogP contribution < -0.4 is 10.7 Å². The lowest BCUT2D eigenvalue weighted by Gasteiger charge is -2.24. The second-order valence-corrected chi connectivity index (χ2v) is 9.48. The van der Waals surface area contributed by atoms with Gasteiger partial charge in [-0.3, -0.25) is 14.4 Å². The molecule has 2 atom stereocenters. The summed E-state index contributed by atoms with van der Waals surface area (Å²) in [6.45, 7) is 3.51. The Kier molecular flexibility index (Phi) is 6.68. The number of carbonyl (C=O) groups excluding carboxylic acids is 2. The highest BCUT2D eigenvalue weighted by Crippen LogP contribution is 2.47. The number of nitrogens with zero attached hydrogens (tertiary/aromatic N) is 1. The summed E-state index contributed by atoms with van der Waals surface area (Å²) in [7, 11) is 0. The Hall–Kier alpha value is -2.96. The van der Waals surface area contributed by atoms with Crippen molar-refractivity contribution < 1.29 is 19.1 Å². The lowest BCUT2D eigenvalue weighted by atomic mass is 9.81. The number of aryl methyl sites for hydroxylation is 1. The Morgan fingerprint density at radius 1 is 1.24 bits per heavy atom. The predicted molar refractivity (Wildman–Crippen MR) is 123 cm³/mol. The highest BCUT2D eigenvalue weighted by molar-refractivity contribution is 5.97. The molecule has 0 bridgehead atoms. The molecule has 2 aromatic rings. The first-order chi connectivity index (χ1) is 15.8.